The Morgan fingerprint density at radius 2 is 1.53 bits per heavy atom. The molecular weight excluding hydrogens is 472 g/mol. The number of benzene rings is 3. The Hall–Kier alpha value is -4.04. The molecule has 0 saturated carbocycles. The van der Waals surface area contributed by atoms with Gasteiger partial charge in [-0.15, -0.1) is 0 Å². The van der Waals surface area contributed by atoms with Crippen LogP contribution in [0.5, 0.6) is 17.4 Å². The molecule has 1 fully saturated rings. The first-order chi connectivity index (χ1) is 17.7. The quantitative estimate of drug-likeness (QED) is 0.338. The summed E-state index contributed by atoms with van der Waals surface area (Å²) in [6.07, 6.45) is 3.22. The van der Waals surface area contributed by atoms with E-state index in [-0.39, 0.29) is 5.91 Å². The third kappa shape index (κ3) is 5.28. The second-order valence-corrected chi connectivity index (χ2v) is 9.16. The number of aromatic nitrogens is 2. The first-order valence-electron chi connectivity index (χ1n) is 11.7. The van der Waals surface area contributed by atoms with Crippen molar-refractivity contribution in [3.05, 3.63) is 96.8 Å². The average Bonchev–Trinajstić information content (AvgIpc) is 2.95. The standard InChI is InChI=1S/C28H26N4O3S/c1-34-24-13-7-6-12-23(24)31-17-19-32(20-18-31)28(33)22-11-5-8-14-25(22)36-27-26(29-15-16-30-27)35-21-9-3-2-4-10-21/h2-16H,17-20H2,1H3. The highest BCUT2D eigenvalue weighted by molar-refractivity contribution is 7.99. The van der Waals surface area contributed by atoms with E-state index in [1.165, 1.54) is 11.8 Å². The van der Waals surface area contributed by atoms with Crippen LogP contribution < -0.4 is 14.4 Å². The molecule has 3 aromatic carbocycles. The lowest BCUT2D eigenvalue weighted by molar-refractivity contribution is 0.0743. The molecule has 5 rings (SSSR count). The van der Waals surface area contributed by atoms with Crippen molar-refractivity contribution in [2.75, 3.05) is 38.2 Å². The van der Waals surface area contributed by atoms with Gasteiger partial charge in [0.15, 0.2) is 5.03 Å². The normalized spacial score (nSPS) is 13.4. The number of hydrogen-bond acceptors (Lipinski definition) is 7. The van der Waals surface area contributed by atoms with E-state index < -0.39 is 0 Å². The molecule has 1 saturated heterocycles. The van der Waals surface area contributed by atoms with Gasteiger partial charge in [0.05, 0.1) is 18.4 Å². The largest absolute Gasteiger partial charge is 0.495 e. The summed E-state index contributed by atoms with van der Waals surface area (Å²) in [5.74, 6) is 1.93. The third-order valence-electron chi connectivity index (χ3n) is 5.91. The first-order valence-corrected chi connectivity index (χ1v) is 12.5. The van der Waals surface area contributed by atoms with Gasteiger partial charge in [-0.1, -0.05) is 54.2 Å². The van der Waals surface area contributed by atoms with Crippen molar-refractivity contribution in [1.29, 1.82) is 0 Å². The number of rotatable bonds is 7. The van der Waals surface area contributed by atoms with Crippen LogP contribution in [0.2, 0.25) is 0 Å². The van der Waals surface area contributed by atoms with Crippen molar-refractivity contribution < 1.29 is 14.3 Å². The number of nitrogens with zero attached hydrogens (tertiary/aromatic N) is 4. The predicted octanol–water partition coefficient (Wildman–Crippen LogP) is 5.39. The lowest BCUT2D eigenvalue weighted by atomic mass is 10.1. The van der Waals surface area contributed by atoms with E-state index in [0.29, 0.717) is 35.3 Å². The zero-order chi connectivity index (χ0) is 24.7. The van der Waals surface area contributed by atoms with Crippen LogP contribution in [0.25, 0.3) is 0 Å². The Morgan fingerprint density at radius 3 is 2.33 bits per heavy atom. The van der Waals surface area contributed by atoms with E-state index in [4.69, 9.17) is 9.47 Å². The van der Waals surface area contributed by atoms with Crippen LogP contribution in [0, 0.1) is 0 Å². The van der Waals surface area contributed by atoms with Gasteiger partial charge in [-0.3, -0.25) is 4.79 Å². The van der Waals surface area contributed by atoms with Crippen LogP contribution in [0.1, 0.15) is 10.4 Å². The van der Waals surface area contributed by atoms with E-state index in [9.17, 15) is 4.79 Å². The average molecular weight is 499 g/mol. The van der Waals surface area contributed by atoms with E-state index in [1.807, 2.05) is 77.7 Å². The number of hydrogen-bond donors (Lipinski definition) is 0. The van der Waals surface area contributed by atoms with Gasteiger partial charge in [-0.25, -0.2) is 9.97 Å². The number of carbonyl (C=O) groups excluding carboxylic acids is 1. The van der Waals surface area contributed by atoms with Crippen LogP contribution >= 0.6 is 11.8 Å². The zero-order valence-electron chi connectivity index (χ0n) is 19.9. The van der Waals surface area contributed by atoms with Gasteiger partial charge in [0.2, 0.25) is 0 Å². The molecule has 36 heavy (non-hydrogen) atoms. The summed E-state index contributed by atoms with van der Waals surface area (Å²) in [6.45, 7) is 2.73. The number of piperazine rings is 1. The molecule has 1 amide bonds. The number of carbonyl (C=O) groups is 1. The van der Waals surface area contributed by atoms with Gasteiger partial charge in [-0.05, 0) is 36.4 Å². The summed E-state index contributed by atoms with van der Waals surface area (Å²) < 4.78 is 11.5. The van der Waals surface area contributed by atoms with Gasteiger partial charge in [0, 0.05) is 43.5 Å². The van der Waals surface area contributed by atoms with Crippen LogP contribution in [0.15, 0.2) is 101 Å². The summed E-state index contributed by atoms with van der Waals surface area (Å²) in [7, 11) is 1.68. The molecule has 182 valence electrons. The Bertz CT molecular complexity index is 1330. The highest BCUT2D eigenvalue weighted by Crippen LogP contribution is 2.36. The molecular formula is C28H26N4O3S. The first kappa shape index (κ1) is 23.7. The Morgan fingerprint density at radius 1 is 0.833 bits per heavy atom. The summed E-state index contributed by atoms with van der Waals surface area (Å²) in [6, 6.07) is 25.1. The molecule has 4 aromatic rings. The van der Waals surface area contributed by atoms with Crippen molar-refractivity contribution in [2.45, 2.75) is 9.92 Å². The minimum absolute atomic E-state index is 0.00666. The van der Waals surface area contributed by atoms with Crippen LogP contribution in [-0.2, 0) is 0 Å². The van der Waals surface area contributed by atoms with E-state index in [2.05, 4.69) is 20.9 Å². The SMILES string of the molecule is COc1ccccc1N1CCN(C(=O)c2ccccc2Sc2nccnc2Oc2ccccc2)CC1. The van der Waals surface area contributed by atoms with Crippen LogP contribution in [-0.4, -0.2) is 54.1 Å². The summed E-state index contributed by atoms with van der Waals surface area (Å²) in [5, 5.41) is 0.600. The molecule has 1 aromatic heterocycles. The molecule has 1 aliphatic heterocycles. The Balaban J connectivity index is 1.31. The highest BCUT2D eigenvalue weighted by Gasteiger charge is 2.25. The van der Waals surface area contributed by atoms with E-state index in [1.54, 1.807) is 19.5 Å². The van der Waals surface area contributed by atoms with Gasteiger partial charge < -0.3 is 19.3 Å². The van der Waals surface area contributed by atoms with Crippen molar-refractivity contribution in [1.82, 2.24) is 14.9 Å². The van der Waals surface area contributed by atoms with Gasteiger partial charge in [0.1, 0.15) is 11.5 Å². The number of para-hydroxylation sites is 3. The van der Waals surface area contributed by atoms with E-state index in [0.717, 1.165) is 29.4 Å². The molecule has 0 spiro atoms. The summed E-state index contributed by atoms with van der Waals surface area (Å²) in [4.78, 5) is 27.4. The zero-order valence-corrected chi connectivity index (χ0v) is 20.7. The topological polar surface area (TPSA) is 67.8 Å². The summed E-state index contributed by atoms with van der Waals surface area (Å²) >= 11 is 1.38. The van der Waals surface area contributed by atoms with Crippen molar-refractivity contribution in [2.24, 2.45) is 0 Å². The number of ether oxygens (including phenoxy) is 2. The molecule has 7 nitrogen and oxygen atoms in total. The van der Waals surface area contributed by atoms with Gasteiger partial charge in [-0.2, -0.15) is 0 Å². The molecule has 1 aliphatic rings. The maximum Gasteiger partial charge on any atom is 0.255 e. The molecule has 0 bridgehead atoms. The second kappa shape index (κ2) is 11.1. The van der Waals surface area contributed by atoms with Crippen molar-refractivity contribution >= 4 is 23.4 Å². The number of amides is 1. The van der Waals surface area contributed by atoms with Crippen LogP contribution in [0.3, 0.4) is 0 Å². The summed E-state index contributed by atoms with van der Waals surface area (Å²) in [5.41, 5.74) is 1.70. The lowest BCUT2D eigenvalue weighted by Gasteiger charge is -2.36. The molecule has 0 unspecified atom stereocenters. The molecule has 0 N–H and O–H groups in total. The van der Waals surface area contributed by atoms with Crippen molar-refractivity contribution in [3.63, 3.8) is 0 Å². The third-order valence-corrected chi connectivity index (χ3v) is 6.96. The molecule has 2 heterocycles. The van der Waals surface area contributed by atoms with Gasteiger partial charge in [0.25, 0.3) is 11.8 Å². The van der Waals surface area contributed by atoms with Crippen molar-refractivity contribution in [3.8, 4) is 17.4 Å². The fourth-order valence-corrected chi connectivity index (χ4v) is 5.02. The fourth-order valence-electron chi connectivity index (χ4n) is 4.10. The Kier molecular flexibility index (Phi) is 7.33. The van der Waals surface area contributed by atoms with Gasteiger partial charge >= 0.3 is 0 Å². The number of anilines is 1. The predicted molar refractivity (Wildman–Crippen MR) is 140 cm³/mol. The lowest BCUT2D eigenvalue weighted by Crippen LogP contribution is -2.49. The van der Waals surface area contributed by atoms with Crippen LogP contribution in [0.4, 0.5) is 5.69 Å². The smallest absolute Gasteiger partial charge is 0.255 e. The minimum Gasteiger partial charge on any atom is -0.495 e. The molecule has 0 radical (unpaired) electrons. The Labute approximate surface area is 214 Å². The monoisotopic (exact) mass is 498 g/mol. The highest BCUT2D eigenvalue weighted by atomic mass is 32.2. The maximum absolute atomic E-state index is 13.6. The minimum atomic E-state index is 0.00666. The molecule has 0 aliphatic carbocycles. The molecule has 8 heteroatoms. The fraction of sp³-hybridized carbons (Fsp3) is 0.179. The van der Waals surface area contributed by atoms with E-state index >= 15 is 0 Å². The maximum atomic E-state index is 13.6. The number of methoxy groups -OCH3 is 1. The molecule has 0 atom stereocenters. The second-order valence-electron chi connectivity index (χ2n) is 8.13.